The second-order valence-electron chi connectivity index (χ2n) is 17.2. The lowest BCUT2D eigenvalue weighted by Crippen LogP contribution is -2.45. The topological polar surface area (TPSA) is 69.6 Å². The lowest BCUT2D eigenvalue weighted by Gasteiger charge is -2.19. The molecule has 0 aromatic carbocycles. The third-order valence-electron chi connectivity index (χ3n) is 11.7. The lowest BCUT2D eigenvalue weighted by atomic mass is 10.0. The normalized spacial score (nSPS) is 13.0. The molecule has 3 N–H and O–H groups in total. The first-order valence-electron chi connectivity index (χ1n) is 25.1. The van der Waals surface area contributed by atoms with Crippen LogP contribution in [0.3, 0.4) is 0 Å². The summed E-state index contributed by atoms with van der Waals surface area (Å²) in [5, 5.41) is 23.1. The number of hydrogen-bond acceptors (Lipinski definition) is 3. The van der Waals surface area contributed by atoms with Crippen molar-refractivity contribution in [3.63, 3.8) is 0 Å². The molecule has 0 bridgehead atoms. The number of rotatable bonds is 46. The van der Waals surface area contributed by atoms with Crippen molar-refractivity contribution in [1.29, 1.82) is 0 Å². The molecule has 2 unspecified atom stereocenters. The van der Waals surface area contributed by atoms with Crippen LogP contribution >= 0.6 is 0 Å². The molecule has 1 amide bonds. The molecule has 0 spiro atoms. The summed E-state index contributed by atoms with van der Waals surface area (Å²) in [6.07, 6.45) is 61.7. The minimum atomic E-state index is -0.859. The van der Waals surface area contributed by atoms with Gasteiger partial charge in [0.2, 0.25) is 5.91 Å². The van der Waals surface area contributed by atoms with Crippen LogP contribution in [0, 0.1) is 0 Å². The summed E-state index contributed by atoms with van der Waals surface area (Å²) in [5.41, 5.74) is 0. The van der Waals surface area contributed by atoms with Crippen molar-refractivity contribution >= 4 is 5.91 Å². The maximum Gasteiger partial charge on any atom is 0.220 e. The Bertz CT molecular complexity index is 795. The first-order valence-corrected chi connectivity index (χ1v) is 25.1. The van der Waals surface area contributed by atoms with E-state index in [0.717, 1.165) is 32.1 Å². The molecule has 4 nitrogen and oxygen atoms in total. The Morgan fingerprint density at radius 3 is 1.05 bits per heavy atom. The smallest absolute Gasteiger partial charge is 0.220 e. The zero-order valence-electron chi connectivity index (χ0n) is 37.5. The molecule has 0 aliphatic rings. The summed E-state index contributed by atoms with van der Waals surface area (Å²) >= 11 is 0. The van der Waals surface area contributed by atoms with E-state index >= 15 is 0 Å². The fourth-order valence-electron chi connectivity index (χ4n) is 7.84. The summed E-state index contributed by atoms with van der Waals surface area (Å²) in [6, 6.07) is -0.635. The van der Waals surface area contributed by atoms with E-state index in [9.17, 15) is 15.0 Å². The molecule has 0 radical (unpaired) electrons. The van der Waals surface area contributed by atoms with Gasteiger partial charge in [-0.05, 0) is 32.1 Å². The van der Waals surface area contributed by atoms with Crippen molar-refractivity contribution in [2.45, 2.75) is 289 Å². The Labute approximate surface area is 345 Å². The highest BCUT2D eigenvalue weighted by Gasteiger charge is 2.17. The van der Waals surface area contributed by atoms with Gasteiger partial charge in [0.1, 0.15) is 0 Å². The molecule has 0 saturated heterocycles. The molecule has 0 aromatic heterocycles. The SMILES string of the molecule is CCCCCCCCCCCCCCCCCCC/C=C/CC/C=C/C(O)C(CO)NC(=O)CCCCCCCCCCCCCCCCCCCCCC. The predicted molar refractivity (Wildman–Crippen MR) is 244 cm³/mol. The average Bonchev–Trinajstić information content (AvgIpc) is 3.19. The Balaban J connectivity index is 3.53. The van der Waals surface area contributed by atoms with E-state index in [1.54, 1.807) is 6.08 Å². The zero-order chi connectivity index (χ0) is 40.0. The fourth-order valence-corrected chi connectivity index (χ4v) is 7.84. The van der Waals surface area contributed by atoms with E-state index in [1.807, 2.05) is 6.08 Å². The number of amides is 1. The Kier molecular flexibility index (Phi) is 46.3. The standard InChI is InChI=1S/C51H99NO3/c1-3-5-7-9-11-13-15-17-19-21-23-25-26-27-28-30-32-34-36-38-40-42-44-46-50(54)49(48-53)52-51(55)47-45-43-41-39-37-35-33-31-29-24-22-20-18-16-14-12-10-8-6-4-2/h36,38,44,46,49-50,53-54H,3-35,37,39-43,45,47-48H2,1-2H3,(H,52,55)/b38-36+,46-44+. The Morgan fingerprint density at radius 2 is 0.709 bits per heavy atom. The first kappa shape index (κ1) is 53.9. The lowest BCUT2D eigenvalue weighted by molar-refractivity contribution is -0.123. The number of hydrogen-bond donors (Lipinski definition) is 3. The highest BCUT2D eigenvalue weighted by molar-refractivity contribution is 5.76. The quantitative estimate of drug-likeness (QED) is 0.0426. The second kappa shape index (κ2) is 47.2. The van der Waals surface area contributed by atoms with Gasteiger partial charge < -0.3 is 15.5 Å². The van der Waals surface area contributed by atoms with E-state index in [4.69, 9.17) is 0 Å². The largest absolute Gasteiger partial charge is 0.394 e. The maximum atomic E-state index is 12.4. The molecule has 0 rings (SSSR count). The van der Waals surface area contributed by atoms with Crippen LogP contribution in [-0.2, 0) is 4.79 Å². The third-order valence-corrected chi connectivity index (χ3v) is 11.7. The molecule has 0 fully saturated rings. The van der Waals surface area contributed by atoms with Gasteiger partial charge in [-0.1, -0.05) is 263 Å². The number of aliphatic hydroxyl groups is 2. The molecule has 2 atom stereocenters. The third kappa shape index (κ3) is 43.8. The molecule has 0 aliphatic carbocycles. The van der Waals surface area contributed by atoms with Gasteiger partial charge in [0.25, 0.3) is 0 Å². The Hall–Kier alpha value is -1.13. The predicted octanol–water partition coefficient (Wildman–Crippen LogP) is 16.0. The highest BCUT2D eigenvalue weighted by atomic mass is 16.3. The molecule has 0 saturated carbocycles. The summed E-state index contributed by atoms with van der Waals surface area (Å²) in [7, 11) is 0. The molecule has 0 aliphatic heterocycles. The van der Waals surface area contributed by atoms with Crippen LogP contribution < -0.4 is 5.32 Å². The van der Waals surface area contributed by atoms with E-state index in [2.05, 4.69) is 31.3 Å². The van der Waals surface area contributed by atoms with Crippen LogP contribution in [0.2, 0.25) is 0 Å². The minimum absolute atomic E-state index is 0.0683. The van der Waals surface area contributed by atoms with Crippen molar-refractivity contribution in [3.05, 3.63) is 24.3 Å². The summed E-state index contributed by atoms with van der Waals surface area (Å²) < 4.78 is 0. The molecular weight excluding hydrogens is 675 g/mol. The van der Waals surface area contributed by atoms with Crippen molar-refractivity contribution in [3.8, 4) is 0 Å². The van der Waals surface area contributed by atoms with Gasteiger partial charge in [0, 0.05) is 6.42 Å². The van der Waals surface area contributed by atoms with Gasteiger partial charge >= 0.3 is 0 Å². The van der Waals surface area contributed by atoms with Crippen LogP contribution in [0.15, 0.2) is 24.3 Å². The minimum Gasteiger partial charge on any atom is -0.394 e. The summed E-state index contributed by atoms with van der Waals surface area (Å²) in [4.78, 5) is 12.4. The molecule has 326 valence electrons. The van der Waals surface area contributed by atoms with Crippen molar-refractivity contribution in [2.24, 2.45) is 0 Å². The summed E-state index contributed by atoms with van der Waals surface area (Å²) in [5.74, 6) is -0.0683. The van der Waals surface area contributed by atoms with Crippen LogP contribution in [-0.4, -0.2) is 34.9 Å². The zero-order valence-corrected chi connectivity index (χ0v) is 37.5. The van der Waals surface area contributed by atoms with Gasteiger partial charge in [-0.2, -0.15) is 0 Å². The fraction of sp³-hybridized carbons (Fsp3) is 0.902. The molecule has 4 heteroatoms. The number of unbranched alkanes of at least 4 members (excludes halogenated alkanes) is 37. The Morgan fingerprint density at radius 1 is 0.418 bits per heavy atom. The van der Waals surface area contributed by atoms with Gasteiger partial charge in [-0.3, -0.25) is 4.79 Å². The molecule has 55 heavy (non-hydrogen) atoms. The first-order chi connectivity index (χ1) is 27.2. The molecule has 0 heterocycles. The van der Waals surface area contributed by atoms with Crippen molar-refractivity contribution in [2.75, 3.05) is 6.61 Å². The van der Waals surface area contributed by atoms with Crippen LogP contribution in [0.5, 0.6) is 0 Å². The van der Waals surface area contributed by atoms with E-state index < -0.39 is 12.1 Å². The highest BCUT2D eigenvalue weighted by Crippen LogP contribution is 2.17. The van der Waals surface area contributed by atoms with Crippen LogP contribution in [0.25, 0.3) is 0 Å². The number of aliphatic hydroxyl groups excluding tert-OH is 2. The van der Waals surface area contributed by atoms with Crippen molar-refractivity contribution in [1.82, 2.24) is 5.32 Å². The average molecular weight is 774 g/mol. The number of carbonyl (C=O) groups excluding carboxylic acids is 1. The van der Waals surface area contributed by atoms with Gasteiger partial charge in [-0.25, -0.2) is 0 Å². The molecule has 0 aromatic rings. The van der Waals surface area contributed by atoms with Crippen molar-refractivity contribution < 1.29 is 15.0 Å². The van der Waals surface area contributed by atoms with E-state index in [1.165, 1.54) is 225 Å². The maximum absolute atomic E-state index is 12.4. The van der Waals surface area contributed by atoms with E-state index in [0.29, 0.717) is 6.42 Å². The summed E-state index contributed by atoms with van der Waals surface area (Å²) in [6.45, 7) is 4.33. The van der Waals surface area contributed by atoms with Gasteiger partial charge in [0.05, 0.1) is 18.8 Å². The monoisotopic (exact) mass is 774 g/mol. The number of allylic oxidation sites excluding steroid dienone is 3. The van der Waals surface area contributed by atoms with Crippen LogP contribution in [0.1, 0.15) is 277 Å². The second-order valence-corrected chi connectivity index (χ2v) is 17.2. The number of carbonyl (C=O) groups is 1. The molecular formula is C51H99NO3. The van der Waals surface area contributed by atoms with Gasteiger partial charge in [0.15, 0.2) is 0 Å². The number of nitrogens with one attached hydrogen (secondary N) is 1. The van der Waals surface area contributed by atoms with Gasteiger partial charge in [-0.15, -0.1) is 0 Å². The van der Waals surface area contributed by atoms with Crippen LogP contribution in [0.4, 0.5) is 0 Å². The van der Waals surface area contributed by atoms with E-state index in [-0.39, 0.29) is 12.5 Å².